The number of methoxy groups -OCH3 is 1. The van der Waals surface area contributed by atoms with Crippen LogP contribution in [-0.2, 0) is 6.54 Å². The maximum absolute atomic E-state index is 5.51. The van der Waals surface area contributed by atoms with Crippen LogP contribution in [-0.4, -0.2) is 55.7 Å². The van der Waals surface area contributed by atoms with Gasteiger partial charge in [0.05, 0.1) is 25.0 Å². The second-order valence-electron chi connectivity index (χ2n) is 6.59. The van der Waals surface area contributed by atoms with E-state index in [1.807, 2.05) is 37.3 Å². The Labute approximate surface area is 185 Å². The summed E-state index contributed by atoms with van der Waals surface area (Å²) in [6.45, 7) is 9.28. The van der Waals surface area contributed by atoms with Gasteiger partial charge >= 0.3 is 0 Å². The Hall–Kier alpha value is -2.03. The van der Waals surface area contributed by atoms with Gasteiger partial charge in [0.2, 0.25) is 0 Å². The molecular formula is C21H30IN5O. The number of hydrogen-bond acceptors (Lipinski definition) is 4. The molecule has 1 saturated heterocycles. The standard InChI is InChI=1S/C21H29N5O.HI/c1-4-22-21(23-16-18-9-7-8-17(2)24-18)26-14-12-25(13-15-26)19-10-5-6-11-20(19)27-3;/h5-11H,4,12-16H2,1-3H3,(H,22,23);1H. The molecule has 1 aliphatic heterocycles. The molecule has 2 aromatic rings. The van der Waals surface area contributed by atoms with Crippen LogP contribution >= 0.6 is 24.0 Å². The molecule has 1 fully saturated rings. The van der Waals surface area contributed by atoms with Gasteiger partial charge in [0.25, 0.3) is 0 Å². The highest BCUT2D eigenvalue weighted by Crippen LogP contribution is 2.28. The number of halogens is 1. The summed E-state index contributed by atoms with van der Waals surface area (Å²) in [7, 11) is 1.73. The molecule has 0 bridgehead atoms. The summed E-state index contributed by atoms with van der Waals surface area (Å²) in [5.74, 6) is 1.89. The molecule has 3 rings (SSSR count). The number of pyridine rings is 1. The Balaban J connectivity index is 0.00000280. The molecule has 0 amide bonds. The largest absolute Gasteiger partial charge is 0.495 e. The number of ether oxygens (including phenoxy) is 1. The molecule has 1 aromatic heterocycles. The van der Waals surface area contributed by atoms with Crippen molar-refractivity contribution in [3.8, 4) is 5.75 Å². The summed E-state index contributed by atoms with van der Waals surface area (Å²) in [5.41, 5.74) is 3.18. The van der Waals surface area contributed by atoms with E-state index in [-0.39, 0.29) is 24.0 Å². The normalized spacial score (nSPS) is 14.5. The number of aryl methyl sites for hydroxylation is 1. The van der Waals surface area contributed by atoms with Crippen LogP contribution in [0.25, 0.3) is 0 Å². The van der Waals surface area contributed by atoms with Crippen molar-refractivity contribution in [2.45, 2.75) is 20.4 Å². The van der Waals surface area contributed by atoms with E-state index in [0.717, 1.165) is 61.5 Å². The Kier molecular flexibility index (Phi) is 8.82. The van der Waals surface area contributed by atoms with Crippen LogP contribution in [0.5, 0.6) is 5.75 Å². The minimum absolute atomic E-state index is 0. The summed E-state index contributed by atoms with van der Waals surface area (Å²) in [6.07, 6.45) is 0. The minimum Gasteiger partial charge on any atom is -0.495 e. The molecule has 0 spiro atoms. The summed E-state index contributed by atoms with van der Waals surface area (Å²) in [5, 5.41) is 3.42. The highest BCUT2D eigenvalue weighted by molar-refractivity contribution is 14.0. The molecule has 0 unspecified atom stereocenters. The fraction of sp³-hybridized carbons (Fsp3) is 0.429. The van der Waals surface area contributed by atoms with E-state index in [1.54, 1.807) is 7.11 Å². The van der Waals surface area contributed by atoms with Crippen LogP contribution in [0.15, 0.2) is 47.5 Å². The van der Waals surface area contributed by atoms with Crippen molar-refractivity contribution in [2.24, 2.45) is 4.99 Å². The average molecular weight is 495 g/mol. The summed E-state index contributed by atoms with van der Waals surface area (Å²) >= 11 is 0. The summed E-state index contributed by atoms with van der Waals surface area (Å²) in [4.78, 5) is 14.1. The van der Waals surface area contributed by atoms with E-state index in [9.17, 15) is 0 Å². The number of anilines is 1. The number of nitrogens with zero attached hydrogens (tertiary/aromatic N) is 4. The Morgan fingerprint density at radius 3 is 2.54 bits per heavy atom. The van der Waals surface area contributed by atoms with Crippen molar-refractivity contribution >= 4 is 35.6 Å². The maximum atomic E-state index is 5.51. The van der Waals surface area contributed by atoms with Gasteiger partial charge in [-0.25, -0.2) is 4.99 Å². The Morgan fingerprint density at radius 1 is 1.11 bits per heavy atom. The second-order valence-corrected chi connectivity index (χ2v) is 6.59. The molecule has 1 aliphatic rings. The molecule has 28 heavy (non-hydrogen) atoms. The maximum Gasteiger partial charge on any atom is 0.194 e. The quantitative estimate of drug-likeness (QED) is 0.392. The van der Waals surface area contributed by atoms with E-state index in [2.05, 4.69) is 39.2 Å². The van der Waals surface area contributed by atoms with Gasteiger partial charge in [-0.1, -0.05) is 18.2 Å². The number of aliphatic imine (C=N–C) groups is 1. The number of rotatable bonds is 5. The van der Waals surface area contributed by atoms with Gasteiger partial charge in [0.15, 0.2) is 5.96 Å². The molecule has 152 valence electrons. The lowest BCUT2D eigenvalue weighted by Crippen LogP contribution is -2.52. The van der Waals surface area contributed by atoms with Gasteiger partial charge in [-0.3, -0.25) is 4.98 Å². The summed E-state index contributed by atoms with van der Waals surface area (Å²) < 4.78 is 5.51. The molecular weight excluding hydrogens is 465 g/mol. The van der Waals surface area contributed by atoms with Crippen LogP contribution in [0.2, 0.25) is 0 Å². The Morgan fingerprint density at radius 2 is 1.86 bits per heavy atom. The fourth-order valence-electron chi connectivity index (χ4n) is 3.32. The van der Waals surface area contributed by atoms with Crippen molar-refractivity contribution in [3.05, 3.63) is 53.9 Å². The average Bonchev–Trinajstić information content (AvgIpc) is 2.71. The van der Waals surface area contributed by atoms with E-state index < -0.39 is 0 Å². The van der Waals surface area contributed by atoms with E-state index >= 15 is 0 Å². The van der Waals surface area contributed by atoms with Crippen molar-refractivity contribution in [3.63, 3.8) is 0 Å². The highest BCUT2D eigenvalue weighted by Gasteiger charge is 2.21. The predicted molar refractivity (Wildman–Crippen MR) is 126 cm³/mol. The number of hydrogen-bond donors (Lipinski definition) is 1. The van der Waals surface area contributed by atoms with Gasteiger partial charge in [0.1, 0.15) is 5.75 Å². The van der Waals surface area contributed by atoms with Crippen molar-refractivity contribution < 1.29 is 4.74 Å². The topological polar surface area (TPSA) is 53.0 Å². The lowest BCUT2D eigenvalue weighted by molar-refractivity contribution is 0.367. The number of nitrogens with one attached hydrogen (secondary N) is 1. The van der Waals surface area contributed by atoms with Crippen molar-refractivity contribution in [2.75, 3.05) is 44.7 Å². The van der Waals surface area contributed by atoms with E-state index in [0.29, 0.717) is 6.54 Å². The number of benzene rings is 1. The first kappa shape index (κ1) is 22.3. The zero-order valence-corrected chi connectivity index (χ0v) is 19.2. The predicted octanol–water partition coefficient (Wildman–Crippen LogP) is 3.30. The number of guanidine groups is 1. The van der Waals surface area contributed by atoms with Crippen molar-refractivity contribution in [1.29, 1.82) is 0 Å². The van der Waals surface area contributed by atoms with Gasteiger partial charge in [-0.2, -0.15) is 0 Å². The van der Waals surface area contributed by atoms with Gasteiger partial charge in [0, 0.05) is 38.4 Å². The van der Waals surface area contributed by atoms with Gasteiger partial charge < -0.3 is 19.9 Å². The first-order valence-corrected chi connectivity index (χ1v) is 9.55. The van der Waals surface area contributed by atoms with Crippen LogP contribution in [0.4, 0.5) is 5.69 Å². The zero-order chi connectivity index (χ0) is 19.1. The molecule has 1 aromatic carbocycles. The van der Waals surface area contributed by atoms with Crippen LogP contribution in [0.3, 0.4) is 0 Å². The molecule has 6 nitrogen and oxygen atoms in total. The second kappa shape index (κ2) is 11.1. The summed E-state index contributed by atoms with van der Waals surface area (Å²) in [6, 6.07) is 14.3. The van der Waals surface area contributed by atoms with Crippen LogP contribution in [0, 0.1) is 6.92 Å². The lowest BCUT2D eigenvalue weighted by atomic mass is 10.2. The third kappa shape index (κ3) is 5.73. The molecule has 2 heterocycles. The number of aromatic nitrogens is 1. The lowest BCUT2D eigenvalue weighted by Gasteiger charge is -2.38. The van der Waals surface area contributed by atoms with Gasteiger partial charge in [-0.15, -0.1) is 24.0 Å². The first-order chi connectivity index (χ1) is 13.2. The molecule has 7 heteroatoms. The molecule has 0 atom stereocenters. The molecule has 0 radical (unpaired) electrons. The fourth-order valence-corrected chi connectivity index (χ4v) is 3.32. The third-order valence-corrected chi connectivity index (χ3v) is 4.68. The SMILES string of the molecule is CCNC(=NCc1cccc(C)n1)N1CCN(c2ccccc2OC)CC1.I. The molecule has 0 saturated carbocycles. The minimum atomic E-state index is 0. The Bertz CT molecular complexity index is 775. The highest BCUT2D eigenvalue weighted by atomic mass is 127. The van der Waals surface area contributed by atoms with Crippen LogP contribution < -0.4 is 15.0 Å². The van der Waals surface area contributed by atoms with Gasteiger partial charge in [-0.05, 0) is 38.1 Å². The third-order valence-electron chi connectivity index (χ3n) is 4.68. The number of piperazine rings is 1. The van der Waals surface area contributed by atoms with Crippen LogP contribution in [0.1, 0.15) is 18.3 Å². The van der Waals surface area contributed by atoms with E-state index in [4.69, 9.17) is 9.73 Å². The smallest absolute Gasteiger partial charge is 0.194 e. The van der Waals surface area contributed by atoms with Crippen molar-refractivity contribution in [1.82, 2.24) is 15.2 Å². The van der Waals surface area contributed by atoms with E-state index in [1.165, 1.54) is 0 Å². The monoisotopic (exact) mass is 495 g/mol. The number of para-hydroxylation sites is 2. The molecule has 0 aliphatic carbocycles. The molecule has 1 N–H and O–H groups in total. The zero-order valence-electron chi connectivity index (χ0n) is 16.9. The first-order valence-electron chi connectivity index (χ1n) is 9.55.